The fraction of sp³-hybridized carbons (Fsp3) is 0.500. The zero-order valence-electron chi connectivity index (χ0n) is 11.6. The van der Waals surface area contributed by atoms with Crippen molar-refractivity contribution < 1.29 is 13.4 Å². The van der Waals surface area contributed by atoms with Crippen LogP contribution >= 0.6 is 0 Å². The van der Waals surface area contributed by atoms with Gasteiger partial charge in [-0.2, -0.15) is 0 Å². The highest BCUT2D eigenvalue weighted by Gasteiger charge is 2.34. The molecule has 1 heterocycles. The van der Waals surface area contributed by atoms with E-state index in [0.717, 1.165) is 5.56 Å². The second-order valence-corrected chi connectivity index (χ2v) is 6.61. The number of nitrogens with one attached hydrogen (secondary N) is 1. The third-order valence-corrected chi connectivity index (χ3v) is 4.31. The van der Waals surface area contributed by atoms with Crippen molar-refractivity contribution in [3.63, 3.8) is 0 Å². The van der Waals surface area contributed by atoms with E-state index in [1.807, 2.05) is 6.92 Å². The van der Waals surface area contributed by atoms with Gasteiger partial charge in [-0.05, 0) is 31.0 Å². The summed E-state index contributed by atoms with van der Waals surface area (Å²) in [4.78, 5) is 13.8. The minimum Gasteiger partial charge on any atom is -0.319 e. The summed E-state index contributed by atoms with van der Waals surface area (Å²) in [6, 6.07) is 6.15. The first kappa shape index (κ1) is 15.1. The molecular weight excluding hydrogens is 279 g/mol. The van der Waals surface area contributed by atoms with E-state index in [1.165, 1.54) is 12.1 Å². The largest absolute Gasteiger partial charge is 0.319 e. The fourth-order valence-electron chi connectivity index (χ4n) is 2.42. The smallest absolute Gasteiger partial charge is 0.238 e. The maximum absolute atomic E-state index is 13.0. The summed E-state index contributed by atoms with van der Waals surface area (Å²) < 4.78 is 24.2. The van der Waals surface area contributed by atoms with Gasteiger partial charge in [-0.1, -0.05) is 12.1 Å². The average Bonchev–Trinajstić information content (AvgIpc) is 2.79. The molecule has 0 aliphatic carbocycles. The van der Waals surface area contributed by atoms with Gasteiger partial charge >= 0.3 is 0 Å². The molecule has 0 bridgehead atoms. The molecule has 1 saturated heterocycles. The molecule has 1 aromatic carbocycles. The maximum atomic E-state index is 13.0. The minimum absolute atomic E-state index is 0.00328. The monoisotopic (exact) mass is 298 g/mol. The maximum Gasteiger partial charge on any atom is 0.238 e. The molecule has 6 heteroatoms. The molecule has 1 fully saturated rings. The lowest BCUT2D eigenvalue weighted by molar-refractivity contribution is -0.130. The summed E-state index contributed by atoms with van der Waals surface area (Å²) in [6.07, 6.45) is 2.12. The lowest BCUT2D eigenvalue weighted by Gasteiger charge is -2.30. The number of hydrogen-bond donors (Lipinski definition) is 1. The highest BCUT2D eigenvalue weighted by Crippen LogP contribution is 2.26. The molecule has 1 aliphatic heterocycles. The van der Waals surface area contributed by atoms with Crippen LogP contribution in [0, 0.1) is 5.82 Å². The zero-order valence-corrected chi connectivity index (χ0v) is 12.5. The van der Waals surface area contributed by atoms with Gasteiger partial charge in [0.05, 0.1) is 6.54 Å². The van der Waals surface area contributed by atoms with Crippen molar-refractivity contribution in [2.24, 2.45) is 0 Å². The van der Waals surface area contributed by atoms with Crippen LogP contribution in [0.15, 0.2) is 24.3 Å². The van der Waals surface area contributed by atoms with Gasteiger partial charge in [0.25, 0.3) is 0 Å². The number of halogens is 1. The van der Waals surface area contributed by atoms with Crippen molar-refractivity contribution in [2.75, 3.05) is 18.6 Å². The molecule has 0 aromatic heterocycles. The number of hydrogen-bond acceptors (Lipinski definition) is 3. The van der Waals surface area contributed by atoms with Crippen LogP contribution in [-0.2, 0) is 15.6 Å². The molecule has 2 rings (SSSR count). The standard InChI is InChI=1S/C14H19FN2O2S/c1-10(7-8-20(2)19)17-13(18)9-16-14(17)11-3-5-12(15)6-4-11/h3-6,10,14,16H,7-9H2,1-2H3. The molecular formula is C14H19FN2O2S. The van der Waals surface area contributed by atoms with Gasteiger partial charge in [0, 0.05) is 28.9 Å². The number of amides is 1. The third-order valence-electron chi connectivity index (χ3n) is 3.50. The Morgan fingerprint density at radius 1 is 1.45 bits per heavy atom. The normalized spacial score (nSPS) is 22.1. The van der Waals surface area contributed by atoms with Crippen LogP contribution in [0.3, 0.4) is 0 Å². The number of nitrogens with zero attached hydrogens (tertiary/aromatic N) is 1. The van der Waals surface area contributed by atoms with Gasteiger partial charge in [0.2, 0.25) is 5.91 Å². The first-order valence-corrected chi connectivity index (χ1v) is 8.32. The Morgan fingerprint density at radius 2 is 2.10 bits per heavy atom. The van der Waals surface area contributed by atoms with Crippen LogP contribution in [0.25, 0.3) is 0 Å². The van der Waals surface area contributed by atoms with E-state index >= 15 is 0 Å². The van der Waals surface area contributed by atoms with Gasteiger partial charge in [0.15, 0.2) is 0 Å². The first-order chi connectivity index (χ1) is 9.49. The Morgan fingerprint density at radius 3 is 2.70 bits per heavy atom. The molecule has 110 valence electrons. The van der Waals surface area contributed by atoms with E-state index in [-0.39, 0.29) is 30.5 Å². The third kappa shape index (κ3) is 3.43. The number of rotatable bonds is 5. The van der Waals surface area contributed by atoms with Crippen LogP contribution in [0.2, 0.25) is 0 Å². The van der Waals surface area contributed by atoms with E-state index in [1.54, 1.807) is 23.3 Å². The van der Waals surface area contributed by atoms with Gasteiger partial charge < -0.3 is 4.90 Å². The summed E-state index contributed by atoms with van der Waals surface area (Å²) in [7, 11) is -0.864. The van der Waals surface area contributed by atoms with Crippen molar-refractivity contribution >= 4 is 16.7 Å². The molecule has 1 aromatic rings. The predicted molar refractivity (Wildman–Crippen MR) is 77.0 cm³/mol. The van der Waals surface area contributed by atoms with Crippen LogP contribution in [0.1, 0.15) is 25.1 Å². The van der Waals surface area contributed by atoms with Crippen molar-refractivity contribution in [1.29, 1.82) is 0 Å². The van der Waals surface area contributed by atoms with Crippen molar-refractivity contribution in [2.45, 2.75) is 25.6 Å². The Bertz CT molecular complexity index is 506. The fourth-order valence-corrected chi connectivity index (χ4v) is 3.09. The number of carbonyl (C=O) groups is 1. The quantitative estimate of drug-likeness (QED) is 0.894. The summed E-state index contributed by atoms with van der Waals surface area (Å²) >= 11 is 0. The molecule has 1 aliphatic rings. The number of benzene rings is 1. The van der Waals surface area contributed by atoms with Gasteiger partial charge in [0.1, 0.15) is 12.0 Å². The van der Waals surface area contributed by atoms with Crippen LogP contribution in [0.4, 0.5) is 4.39 Å². The van der Waals surface area contributed by atoms with Gasteiger partial charge in [-0.3, -0.25) is 14.3 Å². The van der Waals surface area contributed by atoms with Crippen molar-refractivity contribution in [1.82, 2.24) is 10.2 Å². The van der Waals surface area contributed by atoms with Crippen molar-refractivity contribution in [3.05, 3.63) is 35.6 Å². The second-order valence-electron chi connectivity index (χ2n) is 5.05. The SMILES string of the molecule is CC(CCS(C)=O)N1C(=O)CNC1c1ccc(F)cc1. The average molecular weight is 298 g/mol. The van der Waals surface area contributed by atoms with Crippen LogP contribution < -0.4 is 5.32 Å². The molecule has 20 heavy (non-hydrogen) atoms. The summed E-state index contributed by atoms with van der Waals surface area (Å²) in [5, 5.41) is 3.14. The van der Waals surface area contributed by atoms with E-state index < -0.39 is 10.8 Å². The highest BCUT2D eigenvalue weighted by atomic mass is 32.2. The molecule has 4 nitrogen and oxygen atoms in total. The lowest BCUT2D eigenvalue weighted by atomic mass is 10.1. The number of carbonyl (C=O) groups excluding carboxylic acids is 1. The zero-order chi connectivity index (χ0) is 14.7. The molecule has 0 spiro atoms. The van der Waals surface area contributed by atoms with E-state index in [0.29, 0.717) is 12.2 Å². The summed E-state index contributed by atoms with van der Waals surface area (Å²) in [5.74, 6) is 0.300. The van der Waals surface area contributed by atoms with E-state index in [9.17, 15) is 13.4 Å². The molecule has 1 amide bonds. The Kier molecular flexibility index (Phi) is 4.88. The first-order valence-electron chi connectivity index (χ1n) is 6.59. The molecule has 3 atom stereocenters. The highest BCUT2D eigenvalue weighted by molar-refractivity contribution is 7.84. The molecule has 0 saturated carbocycles. The van der Waals surface area contributed by atoms with Gasteiger partial charge in [-0.25, -0.2) is 4.39 Å². The van der Waals surface area contributed by atoms with Crippen LogP contribution in [0.5, 0.6) is 0 Å². The van der Waals surface area contributed by atoms with E-state index in [2.05, 4.69) is 5.32 Å². The lowest BCUT2D eigenvalue weighted by Crippen LogP contribution is -2.38. The Balaban J connectivity index is 2.13. The van der Waals surface area contributed by atoms with Crippen LogP contribution in [-0.4, -0.2) is 39.6 Å². The minimum atomic E-state index is -0.864. The summed E-state index contributed by atoms with van der Waals surface area (Å²) in [6.45, 7) is 2.23. The summed E-state index contributed by atoms with van der Waals surface area (Å²) in [5.41, 5.74) is 0.863. The van der Waals surface area contributed by atoms with Gasteiger partial charge in [-0.15, -0.1) is 0 Å². The topological polar surface area (TPSA) is 49.4 Å². The second kappa shape index (κ2) is 6.45. The van der Waals surface area contributed by atoms with Crippen molar-refractivity contribution in [3.8, 4) is 0 Å². The molecule has 3 unspecified atom stereocenters. The molecule has 0 radical (unpaired) electrons. The predicted octanol–water partition coefficient (Wildman–Crippen LogP) is 1.41. The van der Waals surface area contributed by atoms with E-state index in [4.69, 9.17) is 0 Å². The Hall–Kier alpha value is -1.27. The molecule has 1 N–H and O–H groups in total. The Labute approximate surface area is 120 Å².